The number of carboxylic acid groups (broad SMARTS) is 2. The van der Waals surface area contributed by atoms with Gasteiger partial charge in [0.1, 0.15) is 0 Å². The van der Waals surface area contributed by atoms with Crippen molar-refractivity contribution in [1.29, 1.82) is 0 Å². The number of allylic oxidation sites excluding steroid dienone is 2. The minimum Gasteiger partial charge on any atom is -0.478 e. The van der Waals surface area contributed by atoms with Crippen molar-refractivity contribution >= 4 is 11.9 Å². The Morgan fingerprint density at radius 2 is 1.44 bits per heavy atom. The zero-order valence-corrected chi connectivity index (χ0v) is 9.86. The molecule has 90 valence electrons. The number of hydrogen-bond donors (Lipinski definition) is 2. The van der Waals surface area contributed by atoms with E-state index >= 15 is 0 Å². The van der Waals surface area contributed by atoms with Crippen LogP contribution in [0.25, 0.3) is 0 Å². The van der Waals surface area contributed by atoms with Crippen LogP contribution in [0.5, 0.6) is 0 Å². The zero-order valence-electron chi connectivity index (χ0n) is 9.86. The summed E-state index contributed by atoms with van der Waals surface area (Å²) in [5, 5.41) is 17.5. The van der Waals surface area contributed by atoms with Gasteiger partial charge >= 0.3 is 11.9 Å². The molecule has 0 fully saturated rings. The van der Waals surface area contributed by atoms with Crippen LogP contribution in [0.4, 0.5) is 0 Å². The van der Waals surface area contributed by atoms with E-state index in [0.717, 1.165) is 12.8 Å². The minimum atomic E-state index is -0.970. The van der Waals surface area contributed by atoms with E-state index in [1.807, 2.05) is 6.92 Å². The van der Waals surface area contributed by atoms with E-state index < -0.39 is 11.9 Å². The molecule has 2 N–H and O–H groups in total. The Bertz CT molecular complexity index is 296. The van der Waals surface area contributed by atoms with Crippen LogP contribution >= 0.6 is 0 Å². The molecule has 16 heavy (non-hydrogen) atoms. The fourth-order valence-electron chi connectivity index (χ4n) is 1.33. The van der Waals surface area contributed by atoms with Crippen LogP contribution in [0.1, 0.15) is 33.6 Å². The summed E-state index contributed by atoms with van der Waals surface area (Å²) < 4.78 is 0. The predicted octanol–water partition coefficient (Wildman–Crippen LogP) is 2.46. The fraction of sp³-hybridized carbons (Fsp3) is 0.500. The summed E-state index contributed by atoms with van der Waals surface area (Å²) in [6.45, 7) is 4.99. The van der Waals surface area contributed by atoms with Crippen LogP contribution < -0.4 is 0 Å². The first kappa shape index (κ1) is 14.4. The molecular formula is C12H18O4. The lowest BCUT2D eigenvalue weighted by molar-refractivity contribution is -0.133. The largest absolute Gasteiger partial charge is 0.478 e. The molecule has 0 spiro atoms. The SMILES string of the molecule is CCCC(C=C(C)C(=O)O)C=C(C)C(=O)O. The third-order valence-electron chi connectivity index (χ3n) is 2.22. The molecule has 0 unspecified atom stereocenters. The second-order valence-electron chi connectivity index (χ2n) is 3.76. The number of carbonyl (C=O) groups is 2. The van der Waals surface area contributed by atoms with E-state index in [2.05, 4.69) is 0 Å². The molecule has 0 aliphatic heterocycles. The highest BCUT2D eigenvalue weighted by Crippen LogP contribution is 2.15. The molecule has 0 aromatic heterocycles. The van der Waals surface area contributed by atoms with Gasteiger partial charge in [-0.25, -0.2) is 9.59 Å². The maximum atomic E-state index is 10.7. The van der Waals surface area contributed by atoms with Crippen molar-refractivity contribution in [3.05, 3.63) is 23.3 Å². The Balaban J connectivity index is 4.88. The summed E-state index contributed by atoms with van der Waals surface area (Å²) in [4.78, 5) is 21.3. The highest BCUT2D eigenvalue weighted by molar-refractivity contribution is 5.87. The van der Waals surface area contributed by atoms with Crippen LogP contribution in [0.2, 0.25) is 0 Å². The molecule has 0 bridgehead atoms. The summed E-state index contributed by atoms with van der Waals surface area (Å²) in [5.41, 5.74) is 0.487. The topological polar surface area (TPSA) is 74.6 Å². The minimum absolute atomic E-state index is 0.128. The second-order valence-corrected chi connectivity index (χ2v) is 3.76. The summed E-state index contributed by atoms with van der Waals surface area (Å²) >= 11 is 0. The maximum absolute atomic E-state index is 10.7. The van der Waals surface area contributed by atoms with E-state index in [-0.39, 0.29) is 17.1 Å². The highest BCUT2D eigenvalue weighted by Gasteiger charge is 2.08. The third-order valence-corrected chi connectivity index (χ3v) is 2.22. The van der Waals surface area contributed by atoms with Crippen molar-refractivity contribution in [2.75, 3.05) is 0 Å². The maximum Gasteiger partial charge on any atom is 0.330 e. The van der Waals surface area contributed by atoms with Crippen molar-refractivity contribution in [1.82, 2.24) is 0 Å². The third kappa shape index (κ3) is 5.34. The Labute approximate surface area is 95.3 Å². The number of aliphatic carboxylic acids is 2. The van der Waals surface area contributed by atoms with Gasteiger partial charge in [0.25, 0.3) is 0 Å². The Kier molecular flexibility index (Phi) is 6.15. The van der Waals surface area contributed by atoms with Crippen molar-refractivity contribution in [3.63, 3.8) is 0 Å². The van der Waals surface area contributed by atoms with Gasteiger partial charge in [0, 0.05) is 11.1 Å². The highest BCUT2D eigenvalue weighted by atomic mass is 16.4. The van der Waals surface area contributed by atoms with Gasteiger partial charge in [0.05, 0.1) is 0 Å². The molecule has 0 saturated heterocycles. The summed E-state index contributed by atoms with van der Waals surface area (Å²) in [5.74, 6) is -2.07. The number of rotatable bonds is 6. The lowest BCUT2D eigenvalue weighted by atomic mass is 9.98. The van der Waals surface area contributed by atoms with E-state index in [1.165, 1.54) is 13.8 Å². The first-order valence-electron chi connectivity index (χ1n) is 5.21. The summed E-state index contributed by atoms with van der Waals surface area (Å²) in [6, 6.07) is 0. The van der Waals surface area contributed by atoms with Crippen LogP contribution in [0, 0.1) is 5.92 Å². The average Bonchev–Trinajstić information content (AvgIpc) is 2.17. The monoisotopic (exact) mass is 226 g/mol. The molecule has 0 rings (SSSR count). The lowest BCUT2D eigenvalue weighted by Gasteiger charge is -2.08. The van der Waals surface area contributed by atoms with E-state index in [0.29, 0.717) is 0 Å². The van der Waals surface area contributed by atoms with Crippen molar-refractivity contribution in [3.8, 4) is 0 Å². The zero-order chi connectivity index (χ0) is 12.7. The first-order valence-corrected chi connectivity index (χ1v) is 5.21. The Hall–Kier alpha value is -1.58. The Morgan fingerprint density at radius 3 is 1.69 bits per heavy atom. The first-order chi connectivity index (χ1) is 7.38. The second kappa shape index (κ2) is 6.82. The summed E-state index contributed by atoms with van der Waals surface area (Å²) in [7, 11) is 0. The van der Waals surface area contributed by atoms with Crippen LogP contribution in [-0.4, -0.2) is 22.2 Å². The van der Waals surface area contributed by atoms with Gasteiger partial charge in [0.2, 0.25) is 0 Å². The normalized spacial score (nSPS) is 14.7. The van der Waals surface area contributed by atoms with Gasteiger partial charge in [-0.05, 0) is 26.2 Å². The molecule has 0 amide bonds. The molecule has 0 heterocycles. The smallest absolute Gasteiger partial charge is 0.330 e. The molecular weight excluding hydrogens is 208 g/mol. The summed E-state index contributed by atoms with van der Waals surface area (Å²) in [6.07, 6.45) is 4.81. The lowest BCUT2D eigenvalue weighted by Crippen LogP contribution is -2.04. The number of hydrogen-bond acceptors (Lipinski definition) is 2. The van der Waals surface area contributed by atoms with Crippen LogP contribution in [-0.2, 0) is 9.59 Å². The van der Waals surface area contributed by atoms with Gasteiger partial charge in [-0.2, -0.15) is 0 Å². The molecule has 4 nitrogen and oxygen atoms in total. The quantitative estimate of drug-likeness (QED) is 0.682. The van der Waals surface area contributed by atoms with Gasteiger partial charge < -0.3 is 10.2 Å². The molecule has 0 saturated carbocycles. The van der Waals surface area contributed by atoms with Crippen molar-refractivity contribution < 1.29 is 19.8 Å². The molecule has 4 heteroatoms. The number of carboxylic acids is 2. The fourth-order valence-corrected chi connectivity index (χ4v) is 1.33. The van der Waals surface area contributed by atoms with Gasteiger partial charge in [-0.15, -0.1) is 0 Å². The molecule has 0 radical (unpaired) electrons. The van der Waals surface area contributed by atoms with Gasteiger partial charge in [0.15, 0.2) is 0 Å². The van der Waals surface area contributed by atoms with Crippen molar-refractivity contribution in [2.24, 2.45) is 5.92 Å². The molecule has 0 aromatic carbocycles. The molecule has 0 aliphatic rings. The van der Waals surface area contributed by atoms with Gasteiger partial charge in [-0.3, -0.25) is 0 Å². The van der Waals surface area contributed by atoms with E-state index in [9.17, 15) is 9.59 Å². The predicted molar refractivity (Wildman–Crippen MR) is 61.2 cm³/mol. The molecule has 0 atom stereocenters. The van der Waals surface area contributed by atoms with Crippen LogP contribution in [0.15, 0.2) is 23.3 Å². The molecule has 0 aromatic rings. The van der Waals surface area contributed by atoms with Crippen LogP contribution in [0.3, 0.4) is 0 Å². The van der Waals surface area contributed by atoms with E-state index in [1.54, 1.807) is 12.2 Å². The van der Waals surface area contributed by atoms with Crippen molar-refractivity contribution in [2.45, 2.75) is 33.6 Å². The van der Waals surface area contributed by atoms with Gasteiger partial charge in [-0.1, -0.05) is 25.5 Å². The molecule has 0 aliphatic carbocycles. The van der Waals surface area contributed by atoms with E-state index in [4.69, 9.17) is 10.2 Å². The average molecular weight is 226 g/mol. The standard InChI is InChI=1S/C12H18O4/c1-4-5-10(6-8(2)11(13)14)7-9(3)12(15)16/h6-7,10H,4-5H2,1-3H3,(H,13,14)(H,15,16). The Morgan fingerprint density at radius 1 is 1.06 bits per heavy atom.